The van der Waals surface area contributed by atoms with Crippen molar-refractivity contribution in [3.8, 4) is 5.75 Å². The van der Waals surface area contributed by atoms with Gasteiger partial charge in [0.05, 0.1) is 12.8 Å². The van der Waals surface area contributed by atoms with Gasteiger partial charge in [-0.15, -0.1) is 0 Å². The van der Waals surface area contributed by atoms with E-state index in [-0.39, 0.29) is 0 Å². The topological polar surface area (TPSA) is 59.1 Å². The monoisotopic (exact) mass is 326 g/mol. The first-order chi connectivity index (χ1) is 11.7. The Hall–Kier alpha value is -2.30. The van der Waals surface area contributed by atoms with Gasteiger partial charge in [0.2, 0.25) is 5.95 Å². The van der Waals surface area contributed by atoms with E-state index in [0.717, 1.165) is 35.2 Å². The summed E-state index contributed by atoms with van der Waals surface area (Å²) >= 11 is 0. The van der Waals surface area contributed by atoms with Crippen LogP contribution in [0.5, 0.6) is 5.75 Å². The van der Waals surface area contributed by atoms with Gasteiger partial charge in [-0.1, -0.05) is 19.1 Å². The molecule has 0 unspecified atom stereocenters. The molecule has 0 saturated heterocycles. The van der Waals surface area contributed by atoms with E-state index in [9.17, 15) is 0 Å². The summed E-state index contributed by atoms with van der Waals surface area (Å²) in [5.41, 5.74) is 2.31. The SMILES string of the molecule is CC[C@H](C)Nc1nc(NCc2cccc(OC)c2)cc(C2CC2)n1. The molecule has 5 nitrogen and oxygen atoms in total. The fraction of sp³-hybridized carbons (Fsp3) is 0.474. The molecule has 0 aliphatic heterocycles. The maximum atomic E-state index is 5.28. The minimum absolute atomic E-state index is 0.366. The van der Waals surface area contributed by atoms with Crippen LogP contribution in [0.3, 0.4) is 0 Å². The number of aromatic nitrogens is 2. The number of anilines is 2. The summed E-state index contributed by atoms with van der Waals surface area (Å²) in [6.07, 6.45) is 3.51. The molecule has 0 amide bonds. The Morgan fingerprint density at radius 2 is 2.08 bits per heavy atom. The highest BCUT2D eigenvalue weighted by Crippen LogP contribution is 2.40. The number of benzene rings is 1. The molecule has 2 N–H and O–H groups in total. The summed E-state index contributed by atoms with van der Waals surface area (Å²) in [4.78, 5) is 9.31. The number of nitrogens with one attached hydrogen (secondary N) is 2. The van der Waals surface area contributed by atoms with Crippen molar-refractivity contribution >= 4 is 11.8 Å². The molecule has 1 aliphatic carbocycles. The van der Waals surface area contributed by atoms with E-state index in [0.29, 0.717) is 18.5 Å². The number of hydrogen-bond acceptors (Lipinski definition) is 5. The standard InChI is InChI=1S/C19H26N4O/c1-4-13(2)21-19-22-17(15-8-9-15)11-18(23-19)20-12-14-6-5-7-16(10-14)24-3/h5-7,10-11,13,15H,4,8-9,12H2,1-3H3,(H2,20,21,22,23)/t13-/m0/s1. The Kier molecular flexibility index (Phi) is 5.18. The van der Waals surface area contributed by atoms with Crippen LogP contribution in [-0.2, 0) is 6.54 Å². The molecule has 1 saturated carbocycles. The molecule has 1 heterocycles. The van der Waals surface area contributed by atoms with Crippen LogP contribution in [0, 0.1) is 0 Å². The lowest BCUT2D eigenvalue weighted by Crippen LogP contribution is -2.17. The predicted molar refractivity (Wildman–Crippen MR) is 97.7 cm³/mol. The van der Waals surface area contributed by atoms with Crippen molar-refractivity contribution in [2.24, 2.45) is 0 Å². The summed E-state index contributed by atoms with van der Waals surface area (Å²) in [6.45, 7) is 5.02. The van der Waals surface area contributed by atoms with Crippen LogP contribution in [0.15, 0.2) is 30.3 Å². The third kappa shape index (κ3) is 4.37. The molecule has 0 bridgehead atoms. The van der Waals surface area contributed by atoms with Gasteiger partial charge < -0.3 is 15.4 Å². The Labute approximate surface area is 143 Å². The van der Waals surface area contributed by atoms with Crippen molar-refractivity contribution in [1.29, 1.82) is 0 Å². The molecule has 1 atom stereocenters. The molecule has 1 aliphatic rings. The van der Waals surface area contributed by atoms with Crippen molar-refractivity contribution in [2.75, 3.05) is 17.7 Å². The molecular formula is C19H26N4O. The number of methoxy groups -OCH3 is 1. The molecular weight excluding hydrogens is 300 g/mol. The van der Waals surface area contributed by atoms with Crippen molar-refractivity contribution in [3.63, 3.8) is 0 Å². The summed E-state index contributed by atoms with van der Waals surface area (Å²) in [5, 5.41) is 6.81. The van der Waals surface area contributed by atoms with E-state index in [1.54, 1.807) is 7.11 Å². The van der Waals surface area contributed by atoms with Gasteiger partial charge in [0.1, 0.15) is 11.6 Å². The third-order valence-corrected chi connectivity index (χ3v) is 4.34. The van der Waals surface area contributed by atoms with Gasteiger partial charge in [0.15, 0.2) is 0 Å². The van der Waals surface area contributed by atoms with Gasteiger partial charge in [-0.25, -0.2) is 4.98 Å². The lowest BCUT2D eigenvalue weighted by molar-refractivity contribution is 0.414. The molecule has 24 heavy (non-hydrogen) atoms. The Morgan fingerprint density at radius 1 is 1.25 bits per heavy atom. The molecule has 2 aromatic rings. The number of rotatable bonds is 8. The Bertz CT molecular complexity index is 685. The van der Waals surface area contributed by atoms with Crippen LogP contribution in [-0.4, -0.2) is 23.1 Å². The predicted octanol–water partition coefficient (Wildman–Crippen LogP) is 4.19. The fourth-order valence-electron chi connectivity index (χ4n) is 2.51. The number of hydrogen-bond donors (Lipinski definition) is 2. The minimum Gasteiger partial charge on any atom is -0.497 e. The maximum Gasteiger partial charge on any atom is 0.225 e. The van der Waals surface area contributed by atoms with Gasteiger partial charge in [0.25, 0.3) is 0 Å². The third-order valence-electron chi connectivity index (χ3n) is 4.34. The van der Waals surface area contributed by atoms with Crippen molar-refractivity contribution < 1.29 is 4.74 Å². The largest absolute Gasteiger partial charge is 0.497 e. The zero-order valence-electron chi connectivity index (χ0n) is 14.7. The fourth-order valence-corrected chi connectivity index (χ4v) is 2.51. The highest BCUT2D eigenvalue weighted by atomic mass is 16.5. The zero-order chi connectivity index (χ0) is 16.9. The van der Waals surface area contributed by atoms with Crippen molar-refractivity contribution in [3.05, 3.63) is 41.6 Å². The first-order valence-electron chi connectivity index (χ1n) is 8.70. The average Bonchev–Trinajstić information content (AvgIpc) is 3.45. The van der Waals surface area contributed by atoms with Crippen LogP contribution < -0.4 is 15.4 Å². The molecule has 1 fully saturated rings. The van der Waals surface area contributed by atoms with Crippen LogP contribution in [0.4, 0.5) is 11.8 Å². The van der Waals surface area contributed by atoms with Gasteiger partial charge in [-0.2, -0.15) is 4.98 Å². The van der Waals surface area contributed by atoms with Crippen LogP contribution in [0.2, 0.25) is 0 Å². The molecule has 0 radical (unpaired) electrons. The number of ether oxygens (including phenoxy) is 1. The second-order valence-electron chi connectivity index (χ2n) is 6.43. The van der Waals surface area contributed by atoms with Crippen LogP contribution in [0.1, 0.15) is 50.3 Å². The Balaban J connectivity index is 1.73. The van der Waals surface area contributed by atoms with E-state index in [2.05, 4.69) is 46.6 Å². The van der Waals surface area contributed by atoms with Crippen molar-refractivity contribution in [2.45, 2.75) is 51.6 Å². The zero-order valence-corrected chi connectivity index (χ0v) is 14.7. The Morgan fingerprint density at radius 3 is 2.79 bits per heavy atom. The van der Waals surface area contributed by atoms with Gasteiger partial charge in [-0.05, 0) is 43.9 Å². The van der Waals surface area contributed by atoms with E-state index in [1.807, 2.05) is 18.2 Å². The van der Waals surface area contributed by atoms with Crippen LogP contribution >= 0.6 is 0 Å². The van der Waals surface area contributed by atoms with E-state index in [4.69, 9.17) is 4.74 Å². The summed E-state index contributed by atoms with van der Waals surface area (Å²) in [7, 11) is 1.69. The smallest absolute Gasteiger partial charge is 0.225 e. The summed E-state index contributed by atoms with van der Waals surface area (Å²) in [5.74, 6) is 3.07. The maximum absolute atomic E-state index is 5.28. The lowest BCUT2D eigenvalue weighted by atomic mass is 10.2. The molecule has 128 valence electrons. The quantitative estimate of drug-likeness (QED) is 0.762. The van der Waals surface area contributed by atoms with Crippen LogP contribution in [0.25, 0.3) is 0 Å². The van der Waals surface area contributed by atoms with E-state index >= 15 is 0 Å². The second-order valence-corrected chi connectivity index (χ2v) is 6.43. The molecule has 3 rings (SSSR count). The van der Waals surface area contributed by atoms with E-state index < -0.39 is 0 Å². The highest BCUT2D eigenvalue weighted by Gasteiger charge is 2.26. The lowest BCUT2D eigenvalue weighted by Gasteiger charge is -2.14. The first-order valence-corrected chi connectivity index (χ1v) is 8.70. The molecule has 1 aromatic heterocycles. The second kappa shape index (κ2) is 7.51. The summed E-state index contributed by atoms with van der Waals surface area (Å²) < 4.78 is 5.28. The normalized spacial score (nSPS) is 15.0. The van der Waals surface area contributed by atoms with Gasteiger partial charge >= 0.3 is 0 Å². The average molecular weight is 326 g/mol. The molecule has 1 aromatic carbocycles. The molecule has 0 spiro atoms. The number of nitrogens with zero attached hydrogens (tertiary/aromatic N) is 2. The first kappa shape index (κ1) is 16.6. The minimum atomic E-state index is 0.366. The van der Waals surface area contributed by atoms with Gasteiger partial charge in [0, 0.05) is 24.6 Å². The van der Waals surface area contributed by atoms with E-state index in [1.165, 1.54) is 12.8 Å². The summed E-state index contributed by atoms with van der Waals surface area (Å²) in [6, 6.07) is 10.5. The molecule has 5 heteroatoms. The highest BCUT2D eigenvalue weighted by molar-refractivity contribution is 5.45. The van der Waals surface area contributed by atoms with Gasteiger partial charge in [-0.3, -0.25) is 0 Å². The van der Waals surface area contributed by atoms with Crippen molar-refractivity contribution in [1.82, 2.24) is 9.97 Å².